The maximum atomic E-state index is 14.3. The molecule has 8 heteroatoms. The van der Waals surface area contributed by atoms with Gasteiger partial charge in [-0.1, -0.05) is 30.3 Å². The molecule has 0 radical (unpaired) electrons. The van der Waals surface area contributed by atoms with Crippen molar-refractivity contribution in [1.29, 1.82) is 0 Å². The fourth-order valence-corrected chi connectivity index (χ4v) is 6.23. The summed E-state index contributed by atoms with van der Waals surface area (Å²) in [6, 6.07) is 14.4. The first-order valence-corrected chi connectivity index (χ1v) is 11.2. The number of benzene rings is 2. The molecule has 30 heavy (non-hydrogen) atoms. The zero-order chi connectivity index (χ0) is 20.9. The molecule has 3 heterocycles. The monoisotopic (exact) mass is 442 g/mol. The number of thioether (sulfide) groups is 1. The lowest BCUT2D eigenvalue weighted by Crippen LogP contribution is -2.50. The van der Waals surface area contributed by atoms with Crippen LogP contribution in [-0.4, -0.2) is 29.0 Å². The van der Waals surface area contributed by atoms with Crippen LogP contribution < -0.4 is 4.90 Å². The Morgan fingerprint density at radius 3 is 2.53 bits per heavy atom. The Balaban J connectivity index is 1.61. The Kier molecular flexibility index (Phi) is 4.63. The molecule has 1 saturated heterocycles. The van der Waals surface area contributed by atoms with Crippen LogP contribution >= 0.6 is 23.1 Å². The molecular formula is C22H16F2N2O2S2. The number of amides is 2. The van der Waals surface area contributed by atoms with Crippen LogP contribution in [0.15, 0.2) is 60.0 Å². The van der Waals surface area contributed by atoms with Crippen molar-refractivity contribution in [1.82, 2.24) is 4.90 Å². The van der Waals surface area contributed by atoms with E-state index in [9.17, 15) is 18.4 Å². The number of thiophene rings is 1. The van der Waals surface area contributed by atoms with E-state index < -0.39 is 16.5 Å². The van der Waals surface area contributed by atoms with Gasteiger partial charge in [0.25, 0.3) is 11.8 Å². The van der Waals surface area contributed by atoms with E-state index in [4.69, 9.17) is 0 Å². The van der Waals surface area contributed by atoms with Crippen molar-refractivity contribution in [2.75, 3.05) is 17.2 Å². The van der Waals surface area contributed by atoms with Crippen molar-refractivity contribution < 1.29 is 18.4 Å². The Bertz CT molecular complexity index is 1130. The predicted octanol–water partition coefficient (Wildman–Crippen LogP) is 4.62. The van der Waals surface area contributed by atoms with Crippen LogP contribution in [0.1, 0.15) is 20.8 Å². The number of anilines is 1. The standard InChI is InChI=1S/C22H16F2N2O2S2/c23-16-6-3-7-17(24)14(16)13-25-18-8-2-1-5-15(18)22(21(25)28)26(10-12-30-22)20(27)19-9-4-11-29-19/h1-9,11H,10,12-13H2/t22-/m1/s1. The first-order chi connectivity index (χ1) is 14.5. The lowest BCUT2D eigenvalue weighted by Gasteiger charge is -2.33. The Morgan fingerprint density at radius 1 is 1.03 bits per heavy atom. The summed E-state index contributed by atoms with van der Waals surface area (Å²) < 4.78 is 28.6. The molecule has 1 aromatic heterocycles. The Labute approximate surface area is 180 Å². The molecule has 1 fully saturated rings. The molecule has 0 saturated carbocycles. The summed E-state index contributed by atoms with van der Waals surface area (Å²) in [4.78, 5) is 29.3. The van der Waals surface area contributed by atoms with Gasteiger partial charge in [0.15, 0.2) is 4.87 Å². The second-order valence-electron chi connectivity index (χ2n) is 7.04. The Morgan fingerprint density at radius 2 is 1.80 bits per heavy atom. The number of hydrogen-bond donors (Lipinski definition) is 0. The molecule has 1 atom stereocenters. The number of fused-ring (bicyclic) bond motifs is 2. The van der Waals surface area contributed by atoms with E-state index in [0.29, 0.717) is 28.4 Å². The van der Waals surface area contributed by atoms with Crippen LogP contribution in [-0.2, 0) is 16.2 Å². The minimum atomic E-state index is -1.22. The smallest absolute Gasteiger partial charge is 0.268 e. The molecule has 0 N–H and O–H groups in total. The summed E-state index contributed by atoms with van der Waals surface area (Å²) in [6.07, 6.45) is 0. The van der Waals surface area contributed by atoms with Gasteiger partial charge in [-0.3, -0.25) is 9.59 Å². The van der Waals surface area contributed by atoms with E-state index in [1.807, 2.05) is 17.5 Å². The van der Waals surface area contributed by atoms with E-state index in [-0.39, 0.29) is 23.9 Å². The molecule has 2 amide bonds. The van der Waals surface area contributed by atoms with Crippen molar-refractivity contribution >= 4 is 40.6 Å². The highest BCUT2D eigenvalue weighted by molar-refractivity contribution is 8.01. The lowest BCUT2D eigenvalue weighted by atomic mass is 10.1. The summed E-state index contributed by atoms with van der Waals surface area (Å²) in [5.41, 5.74) is 1.08. The summed E-state index contributed by atoms with van der Waals surface area (Å²) >= 11 is 2.72. The number of rotatable bonds is 3. The van der Waals surface area contributed by atoms with Crippen molar-refractivity contribution in [3.05, 3.63) is 87.6 Å². The summed E-state index contributed by atoms with van der Waals surface area (Å²) in [5, 5.41) is 1.82. The van der Waals surface area contributed by atoms with E-state index in [2.05, 4.69) is 0 Å². The lowest BCUT2D eigenvalue weighted by molar-refractivity contribution is -0.123. The van der Waals surface area contributed by atoms with Gasteiger partial charge in [0.05, 0.1) is 17.1 Å². The zero-order valence-electron chi connectivity index (χ0n) is 15.7. The summed E-state index contributed by atoms with van der Waals surface area (Å²) in [6.45, 7) is 0.182. The van der Waals surface area contributed by atoms with Gasteiger partial charge in [-0.25, -0.2) is 8.78 Å². The Hall–Kier alpha value is -2.71. The number of hydrogen-bond acceptors (Lipinski definition) is 4. The molecule has 5 rings (SSSR count). The molecule has 2 aliphatic rings. The average molecular weight is 443 g/mol. The molecule has 0 bridgehead atoms. The number of halogens is 2. The number of carbonyl (C=O) groups is 2. The molecular weight excluding hydrogens is 426 g/mol. The van der Waals surface area contributed by atoms with Gasteiger partial charge in [0.1, 0.15) is 11.6 Å². The van der Waals surface area contributed by atoms with Crippen LogP contribution in [0, 0.1) is 11.6 Å². The first-order valence-electron chi connectivity index (χ1n) is 9.38. The normalized spacial score (nSPS) is 20.3. The second-order valence-corrected chi connectivity index (χ2v) is 9.27. The molecule has 1 spiro atoms. The van der Waals surface area contributed by atoms with Crippen molar-refractivity contribution in [3.63, 3.8) is 0 Å². The molecule has 0 aliphatic carbocycles. The highest BCUT2D eigenvalue weighted by atomic mass is 32.2. The number of para-hydroxylation sites is 1. The van der Waals surface area contributed by atoms with Gasteiger partial charge in [0.2, 0.25) is 0 Å². The number of nitrogens with zero attached hydrogens (tertiary/aromatic N) is 2. The summed E-state index contributed by atoms with van der Waals surface area (Å²) in [7, 11) is 0. The van der Waals surface area contributed by atoms with Gasteiger partial charge in [-0.05, 0) is 29.6 Å². The van der Waals surface area contributed by atoms with Crippen LogP contribution in [0.25, 0.3) is 0 Å². The van der Waals surface area contributed by atoms with Crippen LogP contribution in [0.3, 0.4) is 0 Å². The van der Waals surface area contributed by atoms with Crippen molar-refractivity contribution in [2.24, 2.45) is 0 Å². The van der Waals surface area contributed by atoms with Crippen LogP contribution in [0.5, 0.6) is 0 Å². The van der Waals surface area contributed by atoms with Gasteiger partial charge in [0, 0.05) is 23.4 Å². The first kappa shape index (κ1) is 19.3. The van der Waals surface area contributed by atoms with E-state index in [1.54, 1.807) is 29.2 Å². The fraction of sp³-hybridized carbons (Fsp3) is 0.182. The van der Waals surface area contributed by atoms with Gasteiger partial charge in [-0.2, -0.15) is 0 Å². The third-order valence-electron chi connectivity index (χ3n) is 5.46. The second kappa shape index (κ2) is 7.21. The molecule has 0 unspecified atom stereocenters. The quantitative estimate of drug-likeness (QED) is 0.595. The molecule has 2 aliphatic heterocycles. The largest absolute Gasteiger partial charge is 0.310 e. The van der Waals surface area contributed by atoms with Crippen molar-refractivity contribution in [2.45, 2.75) is 11.4 Å². The zero-order valence-corrected chi connectivity index (χ0v) is 17.3. The van der Waals surface area contributed by atoms with Gasteiger partial charge >= 0.3 is 0 Å². The molecule has 152 valence electrons. The average Bonchev–Trinajstić information content (AvgIpc) is 3.47. The van der Waals surface area contributed by atoms with E-state index >= 15 is 0 Å². The topological polar surface area (TPSA) is 40.6 Å². The molecule has 2 aromatic carbocycles. The highest BCUT2D eigenvalue weighted by Gasteiger charge is 2.59. The van der Waals surface area contributed by atoms with E-state index in [1.165, 1.54) is 46.2 Å². The van der Waals surface area contributed by atoms with Gasteiger partial charge in [-0.15, -0.1) is 23.1 Å². The minimum Gasteiger partial charge on any atom is -0.310 e. The summed E-state index contributed by atoms with van der Waals surface area (Å²) in [5.74, 6) is -1.37. The fourth-order valence-electron chi connectivity index (χ4n) is 4.10. The molecule has 3 aromatic rings. The maximum Gasteiger partial charge on any atom is 0.268 e. The SMILES string of the molecule is O=C(c1cccs1)N1CCS[C@]12C(=O)N(Cc1c(F)cccc1F)c1ccccc12. The van der Waals surface area contributed by atoms with Crippen LogP contribution in [0.4, 0.5) is 14.5 Å². The third-order valence-corrected chi connectivity index (χ3v) is 7.73. The number of carbonyl (C=O) groups excluding carboxylic acids is 2. The van der Waals surface area contributed by atoms with Crippen molar-refractivity contribution in [3.8, 4) is 0 Å². The maximum absolute atomic E-state index is 14.3. The minimum absolute atomic E-state index is 0.170. The highest BCUT2D eigenvalue weighted by Crippen LogP contribution is 2.54. The predicted molar refractivity (Wildman–Crippen MR) is 113 cm³/mol. The van der Waals surface area contributed by atoms with Gasteiger partial charge < -0.3 is 9.80 Å². The third kappa shape index (κ3) is 2.70. The van der Waals surface area contributed by atoms with Crippen LogP contribution in [0.2, 0.25) is 0 Å². The van der Waals surface area contributed by atoms with E-state index in [0.717, 1.165) is 0 Å². The molecule has 4 nitrogen and oxygen atoms in total.